The quantitative estimate of drug-likeness (QED) is 0.766. The summed E-state index contributed by atoms with van der Waals surface area (Å²) < 4.78 is 7.33. The number of rotatable bonds is 2. The fraction of sp³-hybridized carbons (Fsp3) is 0.308. The van der Waals surface area contributed by atoms with E-state index in [0.29, 0.717) is 5.92 Å². The zero-order valence-corrected chi connectivity index (χ0v) is 9.26. The highest BCUT2D eigenvalue weighted by molar-refractivity contribution is 5.63. The van der Waals surface area contributed by atoms with Crippen LogP contribution in [0.5, 0.6) is 0 Å². The van der Waals surface area contributed by atoms with Crippen molar-refractivity contribution < 1.29 is 4.74 Å². The van der Waals surface area contributed by atoms with Gasteiger partial charge in [0.2, 0.25) is 0 Å². The number of aromatic nitrogens is 2. The van der Waals surface area contributed by atoms with Crippen LogP contribution in [0.4, 0.5) is 0 Å². The molecule has 3 nitrogen and oxygen atoms in total. The van der Waals surface area contributed by atoms with E-state index in [-0.39, 0.29) is 0 Å². The van der Waals surface area contributed by atoms with Crippen molar-refractivity contribution >= 4 is 0 Å². The van der Waals surface area contributed by atoms with E-state index in [1.165, 1.54) is 17.0 Å². The van der Waals surface area contributed by atoms with Gasteiger partial charge in [-0.15, -0.1) is 0 Å². The number of hydrogen-bond acceptors (Lipinski definition) is 2. The van der Waals surface area contributed by atoms with Crippen molar-refractivity contribution in [3.63, 3.8) is 0 Å². The number of benzene rings is 1. The molecular weight excluding hydrogens is 200 g/mol. The zero-order chi connectivity index (χ0) is 11.0. The van der Waals surface area contributed by atoms with Crippen LogP contribution in [0.2, 0.25) is 0 Å². The third-order valence-corrected chi connectivity index (χ3v) is 3.04. The van der Waals surface area contributed by atoms with E-state index in [2.05, 4.69) is 33.8 Å². The lowest BCUT2D eigenvalue weighted by Gasteiger charge is -2.25. The molecular formula is C13H14N2O. The van der Waals surface area contributed by atoms with Crippen LogP contribution in [0.1, 0.15) is 11.6 Å². The maximum atomic E-state index is 5.24. The summed E-state index contributed by atoms with van der Waals surface area (Å²) in [7, 11) is 2.04. The fourth-order valence-corrected chi connectivity index (χ4v) is 2.09. The average molecular weight is 214 g/mol. The summed E-state index contributed by atoms with van der Waals surface area (Å²) in [4.78, 5) is 4.50. The summed E-state index contributed by atoms with van der Waals surface area (Å²) in [5.74, 6) is 0.469. The standard InChI is InChI=1S/C13H14N2O/c1-15-9-14-12(11-7-16-8-11)13(15)10-5-3-2-4-6-10/h2-6,9,11H,7-8H2,1H3. The third-order valence-electron chi connectivity index (χ3n) is 3.04. The van der Waals surface area contributed by atoms with Gasteiger partial charge in [0.1, 0.15) is 0 Å². The summed E-state index contributed by atoms with van der Waals surface area (Å²) in [5.41, 5.74) is 3.61. The first-order chi connectivity index (χ1) is 7.86. The molecule has 0 spiro atoms. The van der Waals surface area contributed by atoms with Crippen LogP contribution < -0.4 is 0 Å². The van der Waals surface area contributed by atoms with Crippen LogP contribution in [0.25, 0.3) is 11.3 Å². The fourth-order valence-electron chi connectivity index (χ4n) is 2.09. The smallest absolute Gasteiger partial charge is 0.0951 e. The Bertz CT molecular complexity index is 486. The van der Waals surface area contributed by atoms with Gasteiger partial charge in [0.05, 0.1) is 36.8 Å². The second kappa shape index (κ2) is 3.76. The molecule has 0 amide bonds. The summed E-state index contributed by atoms with van der Waals surface area (Å²) >= 11 is 0. The molecule has 3 heteroatoms. The number of nitrogens with zero attached hydrogens (tertiary/aromatic N) is 2. The molecule has 2 heterocycles. The number of imidazole rings is 1. The van der Waals surface area contributed by atoms with Gasteiger partial charge < -0.3 is 9.30 Å². The topological polar surface area (TPSA) is 27.1 Å². The zero-order valence-electron chi connectivity index (χ0n) is 9.26. The van der Waals surface area contributed by atoms with Gasteiger partial charge in [0.15, 0.2) is 0 Å². The first-order valence-corrected chi connectivity index (χ1v) is 5.50. The van der Waals surface area contributed by atoms with E-state index in [9.17, 15) is 0 Å². The number of hydrogen-bond donors (Lipinski definition) is 0. The van der Waals surface area contributed by atoms with E-state index < -0.39 is 0 Å². The SMILES string of the molecule is Cn1cnc(C2COC2)c1-c1ccccc1. The molecule has 1 aromatic heterocycles. The summed E-state index contributed by atoms with van der Waals surface area (Å²) in [6.07, 6.45) is 1.88. The predicted molar refractivity (Wildman–Crippen MR) is 62.2 cm³/mol. The maximum Gasteiger partial charge on any atom is 0.0951 e. The first kappa shape index (κ1) is 9.60. The van der Waals surface area contributed by atoms with Crippen LogP contribution in [0, 0.1) is 0 Å². The van der Waals surface area contributed by atoms with Gasteiger partial charge in [-0.05, 0) is 0 Å². The van der Waals surface area contributed by atoms with Crippen LogP contribution in [0.3, 0.4) is 0 Å². The van der Waals surface area contributed by atoms with Crippen molar-refractivity contribution in [3.05, 3.63) is 42.4 Å². The third kappa shape index (κ3) is 1.44. The molecule has 0 aliphatic carbocycles. The minimum absolute atomic E-state index is 0.469. The molecule has 0 radical (unpaired) electrons. The first-order valence-electron chi connectivity index (χ1n) is 5.50. The Kier molecular flexibility index (Phi) is 2.26. The normalized spacial score (nSPS) is 16.1. The highest BCUT2D eigenvalue weighted by Crippen LogP contribution is 2.31. The molecule has 1 aliphatic heterocycles. The molecule has 1 aliphatic rings. The van der Waals surface area contributed by atoms with E-state index in [4.69, 9.17) is 4.74 Å². The molecule has 16 heavy (non-hydrogen) atoms. The minimum Gasteiger partial charge on any atom is -0.380 e. The van der Waals surface area contributed by atoms with E-state index >= 15 is 0 Å². The van der Waals surface area contributed by atoms with Crippen molar-refractivity contribution in [2.45, 2.75) is 5.92 Å². The molecule has 1 fully saturated rings. The largest absolute Gasteiger partial charge is 0.380 e. The van der Waals surface area contributed by atoms with Gasteiger partial charge in [0.25, 0.3) is 0 Å². The van der Waals surface area contributed by atoms with Crippen molar-refractivity contribution in [1.29, 1.82) is 0 Å². The van der Waals surface area contributed by atoms with Gasteiger partial charge in [-0.3, -0.25) is 0 Å². The van der Waals surface area contributed by atoms with Crippen molar-refractivity contribution in [1.82, 2.24) is 9.55 Å². The van der Waals surface area contributed by atoms with Crippen LogP contribution in [-0.2, 0) is 11.8 Å². The monoisotopic (exact) mass is 214 g/mol. The molecule has 0 N–H and O–H groups in total. The van der Waals surface area contributed by atoms with Crippen molar-refractivity contribution in [2.24, 2.45) is 7.05 Å². The lowest BCUT2D eigenvalue weighted by Crippen LogP contribution is -2.26. The van der Waals surface area contributed by atoms with Crippen LogP contribution >= 0.6 is 0 Å². The Morgan fingerprint density at radius 3 is 2.62 bits per heavy atom. The molecule has 82 valence electrons. The minimum atomic E-state index is 0.469. The lowest BCUT2D eigenvalue weighted by atomic mass is 9.98. The van der Waals surface area contributed by atoms with Gasteiger partial charge in [0, 0.05) is 12.6 Å². The van der Waals surface area contributed by atoms with Crippen LogP contribution in [0.15, 0.2) is 36.7 Å². The lowest BCUT2D eigenvalue weighted by molar-refractivity contribution is 0.00708. The Hall–Kier alpha value is -1.61. The van der Waals surface area contributed by atoms with E-state index in [1.807, 2.05) is 19.4 Å². The molecule has 0 atom stereocenters. The second-order valence-electron chi connectivity index (χ2n) is 4.19. The summed E-state index contributed by atoms with van der Waals surface area (Å²) in [5, 5.41) is 0. The van der Waals surface area contributed by atoms with Crippen molar-refractivity contribution in [3.8, 4) is 11.3 Å². The Labute approximate surface area is 94.7 Å². The predicted octanol–water partition coefficient (Wildman–Crippen LogP) is 2.20. The molecule has 0 unspecified atom stereocenters. The van der Waals surface area contributed by atoms with Crippen molar-refractivity contribution in [2.75, 3.05) is 13.2 Å². The molecule has 0 bridgehead atoms. The van der Waals surface area contributed by atoms with Gasteiger partial charge in [-0.25, -0.2) is 4.98 Å². The highest BCUT2D eigenvalue weighted by Gasteiger charge is 2.26. The molecule has 1 saturated heterocycles. The van der Waals surface area contributed by atoms with Gasteiger partial charge in [-0.2, -0.15) is 0 Å². The molecule has 3 rings (SSSR count). The number of ether oxygens (including phenoxy) is 1. The Morgan fingerprint density at radius 1 is 1.25 bits per heavy atom. The Morgan fingerprint density at radius 2 is 2.00 bits per heavy atom. The van der Waals surface area contributed by atoms with Gasteiger partial charge in [-0.1, -0.05) is 30.3 Å². The Balaban J connectivity index is 2.08. The highest BCUT2D eigenvalue weighted by atomic mass is 16.5. The maximum absolute atomic E-state index is 5.24. The van der Waals surface area contributed by atoms with Gasteiger partial charge >= 0.3 is 0 Å². The average Bonchev–Trinajstić information content (AvgIpc) is 2.59. The second-order valence-corrected chi connectivity index (χ2v) is 4.19. The number of aryl methyl sites for hydroxylation is 1. The molecule has 1 aromatic carbocycles. The molecule has 2 aromatic rings. The van der Waals surface area contributed by atoms with Crippen LogP contribution in [-0.4, -0.2) is 22.8 Å². The molecule has 0 saturated carbocycles. The summed E-state index contributed by atoms with van der Waals surface area (Å²) in [6.45, 7) is 1.60. The van der Waals surface area contributed by atoms with E-state index in [0.717, 1.165) is 13.2 Å². The van der Waals surface area contributed by atoms with E-state index in [1.54, 1.807) is 0 Å². The summed E-state index contributed by atoms with van der Waals surface area (Å²) in [6, 6.07) is 10.4.